The maximum absolute atomic E-state index is 11.2. The first-order valence-electron chi connectivity index (χ1n) is 6.92. The summed E-state index contributed by atoms with van der Waals surface area (Å²) in [4.78, 5) is 11.2. The van der Waals surface area contributed by atoms with E-state index in [-0.39, 0.29) is 12.3 Å². The standard InChI is InChI=1S/C17H15N3O2/c1-13-7-9-15(10-8-13)22-12-17-16(11-21)18-19-20(17)14-5-3-2-4-6-14/h2-11H,12H2,1H3. The normalized spacial score (nSPS) is 10.4. The largest absolute Gasteiger partial charge is 0.487 e. The van der Waals surface area contributed by atoms with E-state index in [1.165, 1.54) is 0 Å². The Labute approximate surface area is 128 Å². The van der Waals surface area contributed by atoms with Gasteiger partial charge in [0.2, 0.25) is 0 Å². The lowest BCUT2D eigenvalue weighted by Crippen LogP contribution is -2.07. The van der Waals surface area contributed by atoms with Gasteiger partial charge < -0.3 is 4.74 Å². The molecule has 1 heterocycles. The van der Waals surface area contributed by atoms with Gasteiger partial charge >= 0.3 is 0 Å². The fraction of sp³-hybridized carbons (Fsp3) is 0.118. The molecule has 0 fully saturated rings. The molecule has 0 N–H and O–H groups in total. The van der Waals surface area contributed by atoms with E-state index in [0.717, 1.165) is 17.0 Å². The molecule has 3 aromatic rings. The number of rotatable bonds is 5. The molecular weight excluding hydrogens is 278 g/mol. The van der Waals surface area contributed by atoms with Gasteiger partial charge in [0, 0.05) is 0 Å². The summed E-state index contributed by atoms with van der Waals surface area (Å²) in [5.74, 6) is 0.739. The molecule has 0 aliphatic rings. The lowest BCUT2D eigenvalue weighted by molar-refractivity contribution is 0.111. The lowest BCUT2D eigenvalue weighted by Gasteiger charge is -2.09. The molecule has 5 nitrogen and oxygen atoms in total. The van der Waals surface area contributed by atoms with Crippen molar-refractivity contribution in [2.24, 2.45) is 0 Å². The fourth-order valence-corrected chi connectivity index (χ4v) is 2.10. The molecule has 2 aromatic carbocycles. The molecule has 0 atom stereocenters. The number of nitrogens with zero attached hydrogens (tertiary/aromatic N) is 3. The van der Waals surface area contributed by atoms with Gasteiger partial charge in [-0.15, -0.1) is 5.10 Å². The average Bonchev–Trinajstić information content (AvgIpc) is 2.98. The van der Waals surface area contributed by atoms with Crippen LogP contribution in [0.1, 0.15) is 21.7 Å². The van der Waals surface area contributed by atoms with Crippen molar-refractivity contribution in [2.75, 3.05) is 0 Å². The SMILES string of the molecule is Cc1ccc(OCc2c(C=O)nnn2-c2ccccc2)cc1. The van der Waals surface area contributed by atoms with Crippen molar-refractivity contribution in [1.29, 1.82) is 0 Å². The molecule has 0 aliphatic heterocycles. The highest BCUT2D eigenvalue weighted by Crippen LogP contribution is 2.17. The first-order valence-corrected chi connectivity index (χ1v) is 6.92. The molecule has 0 bridgehead atoms. The van der Waals surface area contributed by atoms with Crippen LogP contribution in [-0.2, 0) is 6.61 Å². The van der Waals surface area contributed by atoms with Crippen LogP contribution in [0, 0.1) is 6.92 Å². The van der Waals surface area contributed by atoms with Gasteiger partial charge in [-0.2, -0.15) is 0 Å². The predicted molar refractivity (Wildman–Crippen MR) is 82.3 cm³/mol. The molecule has 0 radical (unpaired) electrons. The van der Waals surface area contributed by atoms with Crippen molar-refractivity contribution in [3.05, 3.63) is 71.5 Å². The van der Waals surface area contributed by atoms with Gasteiger partial charge in [-0.3, -0.25) is 4.79 Å². The zero-order valence-electron chi connectivity index (χ0n) is 12.1. The lowest BCUT2D eigenvalue weighted by atomic mass is 10.2. The quantitative estimate of drug-likeness (QED) is 0.679. The molecule has 110 valence electrons. The summed E-state index contributed by atoms with van der Waals surface area (Å²) in [5, 5.41) is 7.94. The Morgan fingerprint density at radius 1 is 1.09 bits per heavy atom. The zero-order chi connectivity index (χ0) is 15.4. The number of hydrogen-bond donors (Lipinski definition) is 0. The number of aryl methyl sites for hydroxylation is 1. The van der Waals surface area contributed by atoms with Crippen molar-refractivity contribution in [3.8, 4) is 11.4 Å². The van der Waals surface area contributed by atoms with E-state index in [0.29, 0.717) is 12.0 Å². The molecule has 1 aromatic heterocycles. The number of carbonyl (C=O) groups is 1. The molecular formula is C17H15N3O2. The summed E-state index contributed by atoms with van der Waals surface area (Å²) >= 11 is 0. The molecule has 5 heteroatoms. The van der Waals surface area contributed by atoms with Gasteiger partial charge in [-0.25, -0.2) is 4.68 Å². The zero-order valence-corrected chi connectivity index (χ0v) is 12.1. The van der Waals surface area contributed by atoms with E-state index in [1.807, 2.05) is 61.5 Å². The summed E-state index contributed by atoms with van der Waals surface area (Å²) in [6, 6.07) is 17.3. The van der Waals surface area contributed by atoms with Gasteiger partial charge in [-0.1, -0.05) is 41.1 Å². The molecule has 0 amide bonds. The summed E-state index contributed by atoms with van der Waals surface area (Å²) in [5.41, 5.74) is 2.92. The van der Waals surface area contributed by atoms with Crippen LogP contribution in [0.2, 0.25) is 0 Å². The monoisotopic (exact) mass is 293 g/mol. The maximum Gasteiger partial charge on any atom is 0.172 e. The summed E-state index contributed by atoms with van der Waals surface area (Å²) < 4.78 is 7.37. The van der Waals surface area contributed by atoms with Crippen LogP contribution in [-0.4, -0.2) is 21.3 Å². The smallest absolute Gasteiger partial charge is 0.172 e. The molecule has 0 saturated carbocycles. The van der Waals surface area contributed by atoms with Crippen LogP contribution in [0.4, 0.5) is 0 Å². The number of carbonyl (C=O) groups excluding carboxylic acids is 1. The third-order valence-corrected chi connectivity index (χ3v) is 3.30. The van der Waals surface area contributed by atoms with E-state index in [4.69, 9.17) is 4.74 Å². The number of aromatic nitrogens is 3. The summed E-state index contributed by atoms with van der Waals surface area (Å²) in [6.07, 6.45) is 0.695. The van der Waals surface area contributed by atoms with E-state index in [9.17, 15) is 4.79 Å². The minimum Gasteiger partial charge on any atom is -0.487 e. The van der Waals surface area contributed by atoms with Crippen molar-refractivity contribution >= 4 is 6.29 Å². The Bertz CT molecular complexity index is 764. The number of para-hydroxylation sites is 1. The first kappa shape index (κ1) is 14.0. The Kier molecular flexibility index (Phi) is 3.96. The van der Waals surface area contributed by atoms with Gasteiger partial charge in [0.05, 0.1) is 5.69 Å². The van der Waals surface area contributed by atoms with Crippen LogP contribution in [0.15, 0.2) is 54.6 Å². The number of ether oxygens (including phenoxy) is 1. The molecule has 0 saturated heterocycles. The number of benzene rings is 2. The van der Waals surface area contributed by atoms with E-state index in [1.54, 1.807) is 4.68 Å². The Morgan fingerprint density at radius 3 is 2.50 bits per heavy atom. The highest BCUT2D eigenvalue weighted by molar-refractivity contribution is 5.73. The van der Waals surface area contributed by atoms with Crippen LogP contribution in [0.25, 0.3) is 5.69 Å². The minimum absolute atomic E-state index is 0.221. The van der Waals surface area contributed by atoms with Crippen LogP contribution < -0.4 is 4.74 Å². The van der Waals surface area contributed by atoms with Crippen molar-refractivity contribution in [3.63, 3.8) is 0 Å². The third kappa shape index (κ3) is 2.88. The van der Waals surface area contributed by atoms with E-state index >= 15 is 0 Å². The molecule has 0 spiro atoms. The summed E-state index contributed by atoms with van der Waals surface area (Å²) in [7, 11) is 0. The minimum atomic E-state index is 0.221. The molecule has 3 rings (SSSR count). The molecule has 0 aliphatic carbocycles. The van der Waals surface area contributed by atoms with E-state index < -0.39 is 0 Å². The van der Waals surface area contributed by atoms with Gasteiger partial charge in [0.1, 0.15) is 18.1 Å². The predicted octanol–water partition coefficient (Wildman–Crippen LogP) is 2.97. The van der Waals surface area contributed by atoms with Gasteiger partial charge in [-0.05, 0) is 31.2 Å². The average molecular weight is 293 g/mol. The fourth-order valence-electron chi connectivity index (χ4n) is 2.10. The second-order valence-corrected chi connectivity index (χ2v) is 4.89. The molecule has 0 unspecified atom stereocenters. The number of aldehydes is 1. The van der Waals surface area contributed by atoms with Crippen molar-refractivity contribution in [1.82, 2.24) is 15.0 Å². The van der Waals surface area contributed by atoms with Gasteiger partial charge in [0.25, 0.3) is 0 Å². The highest BCUT2D eigenvalue weighted by Gasteiger charge is 2.14. The Morgan fingerprint density at radius 2 is 1.82 bits per heavy atom. The first-order chi connectivity index (χ1) is 10.8. The van der Waals surface area contributed by atoms with E-state index in [2.05, 4.69) is 10.3 Å². The Hall–Kier alpha value is -2.95. The van der Waals surface area contributed by atoms with Gasteiger partial charge in [0.15, 0.2) is 12.0 Å². The Balaban J connectivity index is 1.87. The number of hydrogen-bond acceptors (Lipinski definition) is 4. The third-order valence-electron chi connectivity index (χ3n) is 3.30. The summed E-state index contributed by atoms with van der Waals surface area (Å²) in [6.45, 7) is 2.24. The van der Waals surface area contributed by atoms with Crippen LogP contribution in [0.3, 0.4) is 0 Å². The van der Waals surface area contributed by atoms with Crippen molar-refractivity contribution in [2.45, 2.75) is 13.5 Å². The second kappa shape index (κ2) is 6.22. The van der Waals surface area contributed by atoms with Crippen LogP contribution in [0.5, 0.6) is 5.75 Å². The highest BCUT2D eigenvalue weighted by atomic mass is 16.5. The van der Waals surface area contributed by atoms with Crippen LogP contribution >= 0.6 is 0 Å². The maximum atomic E-state index is 11.2. The second-order valence-electron chi connectivity index (χ2n) is 4.89. The van der Waals surface area contributed by atoms with Crippen molar-refractivity contribution < 1.29 is 9.53 Å². The topological polar surface area (TPSA) is 57.0 Å². The molecule has 22 heavy (non-hydrogen) atoms.